The van der Waals surface area contributed by atoms with E-state index in [1.807, 2.05) is 7.05 Å². The molecule has 0 heterocycles. The molecule has 0 aromatic carbocycles. The van der Waals surface area contributed by atoms with E-state index in [-0.39, 0.29) is 11.2 Å². The summed E-state index contributed by atoms with van der Waals surface area (Å²) in [4.78, 5) is 0. The van der Waals surface area contributed by atoms with Gasteiger partial charge in [-0.05, 0) is 66.5 Å². The van der Waals surface area contributed by atoms with Crippen molar-refractivity contribution in [2.45, 2.75) is 71.0 Å². The van der Waals surface area contributed by atoms with E-state index >= 15 is 0 Å². The molecule has 0 aliphatic heterocycles. The van der Waals surface area contributed by atoms with Crippen molar-refractivity contribution in [3.8, 4) is 0 Å². The van der Waals surface area contributed by atoms with Gasteiger partial charge in [-0.1, -0.05) is 6.92 Å². The Kier molecular flexibility index (Phi) is 11.3. The fourth-order valence-corrected chi connectivity index (χ4v) is 2.18. The van der Waals surface area contributed by atoms with Crippen molar-refractivity contribution in [1.82, 2.24) is 5.32 Å². The number of hydrogen-bond acceptors (Lipinski definition) is 4. The van der Waals surface area contributed by atoms with Crippen LogP contribution in [0.4, 0.5) is 0 Å². The average Bonchev–Trinajstić information content (AvgIpc) is 2.43. The van der Waals surface area contributed by atoms with Crippen molar-refractivity contribution in [3.05, 3.63) is 0 Å². The third kappa shape index (κ3) is 11.1. The Morgan fingerprint density at radius 2 is 1.62 bits per heavy atom. The highest BCUT2D eigenvalue weighted by atomic mass is 16.5. The van der Waals surface area contributed by atoms with Crippen LogP contribution in [0.15, 0.2) is 0 Å². The Labute approximate surface area is 131 Å². The summed E-state index contributed by atoms with van der Waals surface area (Å²) in [6.07, 6.45) is 5.06. The minimum absolute atomic E-state index is 0.0731. The van der Waals surface area contributed by atoms with Crippen molar-refractivity contribution >= 4 is 0 Å². The molecule has 128 valence electrons. The summed E-state index contributed by atoms with van der Waals surface area (Å²) in [5.74, 6) is 0. The molecule has 4 heteroatoms. The third-order valence-electron chi connectivity index (χ3n) is 4.02. The fourth-order valence-electron chi connectivity index (χ4n) is 2.18. The molecule has 0 spiro atoms. The number of methoxy groups -OCH3 is 1. The Bertz CT molecular complexity index is 246. The van der Waals surface area contributed by atoms with Crippen molar-refractivity contribution in [3.63, 3.8) is 0 Å². The van der Waals surface area contributed by atoms with Crippen LogP contribution in [0, 0.1) is 0 Å². The monoisotopic (exact) mass is 303 g/mol. The van der Waals surface area contributed by atoms with Crippen LogP contribution in [0.3, 0.4) is 0 Å². The molecule has 0 aromatic rings. The third-order valence-corrected chi connectivity index (χ3v) is 4.02. The van der Waals surface area contributed by atoms with E-state index in [0.717, 1.165) is 58.5 Å². The molecule has 1 N–H and O–H groups in total. The van der Waals surface area contributed by atoms with Gasteiger partial charge in [0.05, 0.1) is 17.8 Å². The molecular formula is C17H37NO3. The average molecular weight is 303 g/mol. The molecule has 0 rings (SSSR count). The second kappa shape index (κ2) is 11.4. The van der Waals surface area contributed by atoms with E-state index in [4.69, 9.17) is 14.2 Å². The molecular weight excluding hydrogens is 266 g/mol. The molecule has 0 fully saturated rings. The summed E-state index contributed by atoms with van der Waals surface area (Å²) < 4.78 is 17.2. The van der Waals surface area contributed by atoms with Crippen LogP contribution in [0.5, 0.6) is 0 Å². The molecule has 0 aromatic heterocycles. The maximum atomic E-state index is 6.05. The number of nitrogens with one attached hydrogen (secondary N) is 1. The van der Waals surface area contributed by atoms with Gasteiger partial charge in [-0.2, -0.15) is 0 Å². The summed E-state index contributed by atoms with van der Waals surface area (Å²) in [5.41, 5.74) is -0.157. The lowest BCUT2D eigenvalue weighted by atomic mass is 9.98. The molecule has 21 heavy (non-hydrogen) atoms. The quantitative estimate of drug-likeness (QED) is 0.499. The first-order valence-electron chi connectivity index (χ1n) is 8.30. The van der Waals surface area contributed by atoms with E-state index in [9.17, 15) is 0 Å². The minimum atomic E-state index is -0.0840. The Hall–Kier alpha value is -0.160. The molecule has 0 amide bonds. The van der Waals surface area contributed by atoms with Crippen LogP contribution >= 0.6 is 0 Å². The van der Waals surface area contributed by atoms with Gasteiger partial charge in [0.25, 0.3) is 0 Å². The molecule has 1 atom stereocenters. The van der Waals surface area contributed by atoms with Crippen LogP contribution in [-0.4, -0.2) is 51.7 Å². The van der Waals surface area contributed by atoms with Gasteiger partial charge in [-0.25, -0.2) is 0 Å². The first-order valence-corrected chi connectivity index (χ1v) is 8.30. The minimum Gasteiger partial charge on any atom is -0.385 e. The largest absolute Gasteiger partial charge is 0.385 e. The first kappa shape index (κ1) is 20.8. The lowest BCUT2D eigenvalue weighted by Gasteiger charge is -2.31. The van der Waals surface area contributed by atoms with Gasteiger partial charge in [-0.3, -0.25) is 0 Å². The van der Waals surface area contributed by atoms with Crippen LogP contribution in [0.25, 0.3) is 0 Å². The van der Waals surface area contributed by atoms with Gasteiger partial charge in [0.1, 0.15) is 0 Å². The van der Waals surface area contributed by atoms with Crippen LogP contribution in [0.2, 0.25) is 0 Å². The Morgan fingerprint density at radius 3 is 2.19 bits per heavy atom. The first-order chi connectivity index (χ1) is 9.89. The van der Waals surface area contributed by atoms with E-state index in [1.165, 1.54) is 0 Å². The predicted octanol–water partition coefficient (Wildman–Crippen LogP) is 3.39. The molecule has 0 radical (unpaired) electrons. The molecule has 0 saturated heterocycles. The molecule has 4 nitrogen and oxygen atoms in total. The van der Waals surface area contributed by atoms with Crippen molar-refractivity contribution in [1.29, 1.82) is 0 Å². The Morgan fingerprint density at radius 1 is 0.905 bits per heavy atom. The number of rotatable bonds is 14. The lowest BCUT2D eigenvalue weighted by Crippen LogP contribution is -2.33. The summed E-state index contributed by atoms with van der Waals surface area (Å²) in [6, 6.07) is 0. The zero-order chi connectivity index (χ0) is 16.2. The highest BCUT2D eigenvalue weighted by Crippen LogP contribution is 2.23. The predicted molar refractivity (Wildman–Crippen MR) is 88.9 cm³/mol. The zero-order valence-electron chi connectivity index (χ0n) is 15.1. The number of ether oxygens (including phenoxy) is 3. The second-order valence-corrected chi connectivity index (χ2v) is 6.56. The highest BCUT2D eigenvalue weighted by molar-refractivity contribution is 4.75. The van der Waals surface area contributed by atoms with Crippen molar-refractivity contribution in [2.24, 2.45) is 0 Å². The lowest BCUT2D eigenvalue weighted by molar-refractivity contribution is -0.0850. The SMILES string of the molecule is CCC(C)(CCOC(C)(C)CCCOC)OCCCNC. The summed E-state index contributed by atoms with van der Waals surface area (Å²) in [5, 5.41) is 3.14. The van der Waals surface area contributed by atoms with Crippen molar-refractivity contribution < 1.29 is 14.2 Å². The van der Waals surface area contributed by atoms with Gasteiger partial charge < -0.3 is 19.5 Å². The van der Waals surface area contributed by atoms with Gasteiger partial charge in [-0.15, -0.1) is 0 Å². The van der Waals surface area contributed by atoms with Gasteiger partial charge in [0.15, 0.2) is 0 Å². The maximum absolute atomic E-state index is 6.05. The highest BCUT2D eigenvalue weighted by Gasteiger charge is 2.25. The normalized spacial score (nSPS) is 15.1. The number of hydrogen-bond donors (Lipinski definition) is 1. The van der Waals surface area contributed by atoms with Gasteiger partial charge in [0.2, 0.25) is 0 Å². The molecule has 0 bridgehead atoms. The van der Waals surface area contributed by atoms with Gasteiger partial charge in [0, 0.05) is 20.3 Å². The van der Waals surface area contributed by atoms with E-state index in [2.05, 4.69) is 33.0 Å². The van der Waals surface area contributed by atoms with Gasteiger partial charge >= 0.3 is 0 Å². The standard InChI is InChI=1S/C17H37NO3/c1-7-17(4,21-14-9-12-18-5)11-15-20-16(2,3)10-8-13-19-6/h18H,7-15H2,1-6H3. The zero-order valence-corrected chi connectivity index (χ0v) is 15.1. The molecule has 1 unspecified atom stereocenters. The van der Waals surface area contributed by atoms with Crippen molar-refractivity contribution in [2.75, 3.05) is 40.5 Å². The van der Waals surface area contributed by atoms with Crippen LogP contribution < -0.4 is 5.32 Å². The molecule has 0 aliphatic carbocycles. The van der Waals surface area contributed by atoms with E-state index in [0.29, 0.717) is 0 Å². The fraction of sp³-hybridized carbons (Fsp3) is 1.00. The topological polar surface area (TPSA) is 39.7 Å². The van der Waals surface area contributed by atoms with Crippen LogP contribution in [-0.2, 0) is 14.2 Å². The molecule has 0 aliphatic rings. The van der Waals surface area contributed by atoms with Crippen LogP contribution in [0.1, 0.15) is 59.8 Å². The van der Waals surface area contributed by atoms with E-state index < -0.39 is 0 Å². The summed E-state index contributed by atoms with van der Waals surface area (Å²) in [6.45, 7) is 12.0. The Balaban J connectivity index is 3.97. The van der Waals surface area contributed by atoms with E-state index in [1.54, 1.807) is 7.11 Å². The maximum Gasteiger partial charge on any atom is 0.0673 e. The summed E-state index contributed by atoms with van der Waals surface area (Å²) >= 11 is 0. The summed E-state index contributed by atoms with van der Waals surface area (Å²) in [7, 11) is 3.71. The second-order valence-electron chi connectivity index (χ2n) is 6.56. The molecule has 0 saturated carbocycles. The smallest absolute Gasteiger partial charge is 0.0673 e.